The molecule has 11 nitrogen and oxygen atoms in total. The smallest absolute Gasteiger partial charge is 0.462 e. The van der Waals surface area contributed by atoms with Crippen LogP contribution in [0.15, 0.2) is 122 Å². The van der Waals surface area contributed by atoms with Crippen LogP contribution >= 0.6 is 7.82 Å². The summed E-state index contributed by atoms with van der Waals surface area (Å²) in [6, 6.07) is 0. The highest BCUT2D eigenvalue weighted by Crippen LogP contribution is 2.43. The quantitative estimate of drug-likeness (QED) is 0.0197. The van der Waals surface area contributed by atoms with Crippen LogP contribution in [0.2, 0.25) is 0 Å². The van der Waals surface area contributed by atoms with E-state index in [4.69, 9.17) is 23.3 Å². The Hall–Kier alpha value is -4.12. The lowest BCUT2D eigenvalue weighted by atomic mass is 10.1. The molecule has 2 N–H and O–H groups in total. The first-order chi connectivity index (χ1) is 36.2. The number of hydrogen-bond donors (Lipinski definition) is 2. The van der Waals surface area contributed by atoms with E-state index in [0.717, 1.165) is 154 Å². The number of esters is 3. The molecule has 0 amide bonds. The summed E-state index contributed by atoms with van der Waals surface area (Å²) in [6.45, 7) is 4.22. The van der Waals surface area contributed by atoms with Crippen LogP contribution in [0.1, 0.15) is 213 Å². The Morgan fingerprint density at radius 2 is 0.662 bits per heavy atom. The number of ether oxygens (including phenoxy) is 3. The van der Waals surface area contributed by atoms with Gasteiger partial charge < -0.3 is 24.2 Å². The lowest BCUT2D eigenvalue weighted by Gasteiger charge is -2.21. The number of rotatable bonds is 51. The Balaban J connectivity index is 4.82. The van der Waals surface area contributed by atoms with E-state index in [9.17, 15) is 28.9 Å². The predicted molar refractivity (Wildman–Crippen MR) is 306 cm³/mol. The maximum atomic E-state index is 12.9. The van der Waals surface area contributed by atoms with E-state index in [1.165, 1.54) is 0 Å². The summed E-state index contributed by atoms with van der Waals surface area (Å²) < 4.78 is 39.5. The van der Waals surface area contributed by atoms with Gasteiger partial charge in [-0.3, -0.25) is 23.4 Å². The molecular weight excluding hydrogens is 952 g/mol. The first kappa shape index (κ1) is 69.9. The van der Waals surface area contributed by atoms with Crippen molar-refractivity contribution in [1.82, 2.24) is 0 Å². The van der Waals surface area contributed by atoms with Crippen molar-refractivity contribution in [1.29, 1.82) is 0 Å². The molecule has 0 rings (SSSR count). The molecule has 0 radical (unpaired) electrons. The van der Waals surface area contributed by atoms with Gasteiger partial charge in [0, 0.05) is 19.3 Å². The Labute approximate surface area is 449 Å². The zero-order valence-electron chi connectivity index (χ0n) is 46.3. The predicted octanol–water partition coefficient (Wildman–Crippen LogP) is 16.8. The van der Waals surface area contributed by atoms with E-state index in [1.807, 2.05) is 0 Å². The monoisotopic (exact) mass is 1050 g/mol. The number of hydrogen-bond acceptors (Lipinski definition) is 10. The third kappa shape index (κ3) is 52.7. The van der Waals surface area contributed by atoms with Crippen molar-refractivity contribution in [3.05, 3.63) is 122 Å². The van der Waals surface area contributed by atoms with Crippen LogP contribution in [0.4, 0.5) is 0 Å². The van der Waals surface area contributed by atoms with Crippen LogP contribution in [0.25, 0.3) is 0 Å². The van der Waals surface area contributed by atoms with E-state index < -0.39 is 57.8 Å². The van der Waals surface area contributed by atoms with Gasteiger partial charge in [0.1, 0.15) is 12.7 Å². The lowest BCUT2D eigenvalue weighted by molar-refractivity contribution is -0.161. The average molecular weight is 1050 g/mol. The van der Waals surface area contributed by atoms with Crippen molar-refractivity contribution in [3.63, 3.8) is 0 Å². The van der Waals surface area contributed by atoms with E-state index >= 15 is 0 Å². The van der Waals surface area contributed by atoms with Crippen LogP contribution in [0.3, 0.4) is 0 Å². The van der Waals surface area contributed by atoms with E-state index in [2.05, 4.69) is 142 Å². The maximum absolute atomic E-state index is 12.9. The van der Waals surface area contributed by atoms with Crippen LogP contribution < -0.4 is 0 Å². The molecule has 0 saturated heterocycles. The summed E-state index contributed by atoms with van der Waals surface area (Å²) in [4.78, 5) is 48.5. The fourth-order valence-electron chi connectivity index (χ4n) is 7.14. The Bertz CT molecular complexity index is 1700. The van der Waals surface area contributed by atoms with E-state index in [-0.39, 0.29) is 25.9 Å². The molecule has 3 atom stereocenters. The van der Waals surface area contributed by atoms with Gasteiger partial charge in [-0.25, -0.2) is 4.57 Å². The lowest BCUT2D eigenvalue weighted by Crippen LogP contribution is -2.30. The molecule has 420 valence electrons. The second-order valence-corrected chi connectivity index (χ2v) is 19.8. The molecule has 0 aliphatic rings. The molecular formula is C62H101O11P. The second-order valence-electron chi connectivity index (χ2n) is 18.3. The van der Waals surface area contributed by atoms with Crippen LogP contribution in [-0.4, -0.2) is 66.5 Å². The molecule has 0 aliphatic carbocycles. The highest BCUT2D eigenvalue weighted by atomic mass is 31.2. The normalized spacial score (nSPS) is 14.3. The van der Waals surface area contributed by atoms with Crippen molar-refractivity contribution in [2.75, 3.05) is 26.4 Å². The van der Waals surface area contributed by atoms with Gasteiger partial charge in [0.15, 0.2) is 6.10 Å². The highest BCUT2D eigenvalue weighted by Gasteiger charge is 2.28. The highest BCUT2D eigenvalue weighted by molar-refractivity contribution is 7.47. The summed E-state index contributed by atoms with van der Waals surface area (Å²) in [7, 11) is -4.77. The number of carbonyl (C=O) groups is 3. The van der Waals surface area contributed by atoms with Gasteiger partial charge in [0.25, 0.3) is 0 Å². The third-order valence-electron chi connectivity index (χ3n) is 11.4. The van der Waals surface area contributed by atoms with E-state index in [1.54, 1.807) is 0 Å². The minimum Gasteiger partial charge on any atom is -0.462 e. The first-order valence-corrected chi connectivity index (χ1v) is 29.9. The SMILES string of the molecule is CC/C=C\C/C=C\C/C=C\C/C=C\CCCCCCC(=O)OC(COC(=O)CCCCCCC/C=C\C/C=C\C/C=C\CC)COP(=O)(O)OCC(CO)OC(=O)CCCCCCC/C=C\C/C=C\C/C=C\CC. The van der Waals surface area contributed by atoms with Crippen LogP contribution in [0, 0.1) is 0 Å². The van der Waals surface area contributed by atoms with Crippen molar-refractivity contribution in [2.24, 2.45) is 0 Å². The number of phosphoric ester groups is 1. The summed E-state index contributed by atoms with van der Waals surface area (Å²) in [5.74, 6) is -1.54. The fourth-order valence-corrected chi connectivity index (χ4v) is 7.92. The number of unbranched alkanes of at least 4 members (excludes halogenated alkanes) is 14. The van der Waals surface area contributed by atoms with Crippen molar-refractivity contribution < 1.29 is 52.2 Å². The van der Waals surface area contributed by atoms with Gasteiger partial charge in [-0.15, -0.1) is 0 Å². The second kappa shape index (κ2) is 55.1. The molecule has 0 spiro atoms. The molecule has 0 bridgehead atoms. The molecule has 0 fully saturated rings. The molecule has 12 heteroatoms. The number of carbonyl (C=O) groups excluding carboxylic acids is 3. The van der Waals surface area contributed by atoms with Crippen LogP contribution in [-0.2, 0) is 42.2 Å². The van der Waals surface area contributed by atoms with Gasteiger partial charge in [-0.2, -0.15) is 0 Å². The zero-order chi connectivity index (χ0) is 54.1. The summed E-state index contributed by atoms with van der Waals surface area (Å²) >= 11 is 0. The minimum absolute atomic E-state index is 0.128. The largest absolute Gasteiger partial charge is 0.472 e. The first-order valence-electron chi connectivity index (χ1n) is 28.4. The third-order valence-corrected chi connectivity index (χ3v) is 12.3. The summed E-state index contributed by atoms with van der Waals surface area (Å²) in [6.07, 6.45) is 67.2. The van der Waals surface area contributed by atoms with Gasteiger partial charge in [0.2, 0.25) is 0 Å². The standard InChI is InChI=1S/C62H101O11P/c1-4-7-10-13-16-19-22-25-28-29-32-35-38-41-44-47-50-53-62(66)73-59(55-69-60(64)51-48-45-42-39-36-33-30-26-23-20-17-14-11-8-5-2)57-71-74(67,68)70-56-58(54-63)72-61(65)52-49-46-43-40-37-34-31-27-24-21-18-15-12-9-6-3/h7-12,16-21,25-28,30-32,35,58-59,63H,4-6,13-15,22-24,29,33-34,36-57H2,1-3H3,(H,67,68)/b10-7-,11-8-,12-9-,19-16-,20-17-,21-18-,28-25-,30-26-,31-27-,35-32-. The van der Waals surface area contributed by atoms with Gasteiger partial charge in [0.05, 0.1) is 19.8 Å². The molecule has 0 aromatic heterocycles. The summed E-state index contributed by atoms with van der Waals surface area (Å²) in [5, 5.41) is 9.81. The number of allylic oxidation sites excluding steroid dienone is 20. The number of aliphatic hydroxyl groups is 1. The molecule has 0 aromatic carbocycles. The number of phosphoric acid groups is 1. The van der Waals surface area contributed by atoms with Crippen molar-refractivity contribution in [3.8, 4) is 0 Å². The molecule has 3 unspecified atom stereocenters. The number of aliphatic hydroxyl groups excluding tert-OH is 1. The van der Waals surface area contributed by atoms with Crippen LogP contribution in [0.5, 0.6) is 0 Å². The average Bonchev–Trinajstić information content (AvgIpc) is 3.39. The van der Waals surface area contributed by atoms with Crippen molar-refractivity contribution >= 4 is 25.7 Å². The molecule has 0 aliphatic heterocycles. The topological polar surface area (TPSA) is 155 Å². The van der Waals surface area contributed by atoms with Crippen molar-refractivity contribution in [2.45, 2.75) is 226 Å². The Kier molecular flexibility index (Phi) is 52.1. The molecule has 0 saturated carbocycles. The maximum Gasteiger partial charge on any atom is 0.472 e. The fraction of sp³-hybridized carbons (Fsp3) is 0.629. The Morgan fingerprint density at radius 3 is 1.01 bits per heavy atom. The molecule has 74 heavy (non-hydrogen) atoms. The minimum atomic E-state index is -4.77. The zero-order valence-corrected chi connectivity index (χ0v) is 47.2. The van der Waals surface area contributed by atoms with E-state index in [0.29, 0.717) is 19.3 Å². The Morgan fingerprint density at radius 1 is 0.378 bits per heavy atom. The summed E-state index contributed by atoms with van der Waals surface area (Å²) in [5.41, 5.74) is 0. The van der Waals surface area contributed by atoms with Gasteiger partial charge in [-0.1, -0.05) is 194 Å². The van der Waals surface area contributed by atoms with Gasteiger partial charge in [-0.05, 0) is 122 Å². The molecule has 0 aromatic rings. The molecule has 0 heterocycles. The van der Waals surface area contributed by atoms with Gasteiger partial charge >= 0.3 is 25.7 Å².